The van der Waals surface area contributed by atoms with Crippen LogP contribution in [0.5, 0.6) is 5.75 Å². The van der Waals surface area contributed by atoms with Crippen LogP contribution in [0.4, 0.5) is 13.2 Å². The zero-order chi connectivity index (χ0) is 28.6. The molecule has 5 aromatic rings. The lowest BCUT2D eigenvalue weighted by atomic mass is 10.0. The van der Waals surface area contributed by atoms with Crippen LogP contribution in [0.3, 0.4) is 0 Å². The van der Waals surface area contributed by atoms with E-state index in [0.29, 0.717) is 11.3 Å². The smallest absolute Gasteiger partial charge is 0.434 e. The summed E-state index contributed by atoms with van der Waals surface area (Å²) >= 11 is 7.11. The summed E-state index contributed by atoms with van der Waals surface area (Å²) in [5.41, 5.74) is -0.502. The summed E-state index contributed by atoms with van der Waals surface area (Å²) in [5, 5.41) is 0.158. The van der Waals surface area contributed by atoms with E-state index in [1.807, 2.05) is 0 Å². The van der Waals surface area contributed by atoms with E-state index >= 15 is 0 Å². The molecule has 9 nitrogen and oxygen atoms in total. The number of benzene rings is 1. The number of alkyl halides is 3. The molecule has 0 bridgehead atoms. The van der Waals surface area contributed by atoms with Crippen LogP contribution >= 0.6 is 22.9 Å². The Bertz CT molecular complexity index is 1900. The zero-order valence-electron chi connectivity index (χ0n) is 20.4. The molecule has 1 N–H and O–H groups in total. The average Bonchev–Trinajstić information content (AvgIpc) is 3.40. The molecule has 1 aromatic carbocycles. The highest BCUT2D eigenvalue weighted by Gasteiger charge is 2.36. The van der Waals surface area contributed by atoms with Crippen molar-refractivity contribution in [3.63, 3.8) is 0 Å². The summed E-state index contributed by atoms with van der Waals surface area (Å²) in [6.07, 6.45) is 1.15. The fraction of sp³-hybridized carbons (Fsp3) is 0.115. The number of halogens is 4. The van der Waals surface area contributed by atoms with Crippen LogP contribution in [0.1, 0.15) is 10.6 Å². The number of hydrogen-bond acceptors (Lipinski definition) is 7. The van der Waals surface area contributed by atoms with Gasteiger partial charge in [-0.15, -0.1) is 11.3 Å². The van der Waals surface area contributed by atoms with Gasteiger partial charge >= 0.3 is 11.9 Å². The van der Waals surface area contributed by atoms with Gasteiger partial charge in [-0.2, -0.15) is 13.2 Å². The Balaban J connectivity index is 1.63. The van der Waals surface area contributed by atoms with E-state index in [-0.39, 0.29) is 32.3 Å². The van der Waals surface area contributed by atoms with Gasteiger partial charge in [-0.1, -0.05) is 11.6 Å². The van der Waals surface area contributed by atoms with E-state index in [0.717, 1.165) is 16.8 Å². The van der Waals surface area contributed by atoms with Gasteiger partial charge in [0.05, 0.1) is 27.8 Å². The number of nitrogens with zero attached hydrogens (tertiary/aromatic N) is 4. The van der Waals surface area contributed by atoms with Crippen LogP contribution in [0.15, 0.2) is 81.1 Å². The molecule has 0 unspecified atom stereocenters. The molecule has 0 spiro atoms. The minimum Gasteiger partial charge on any atom is -0.488 e. The topological polar surface area (TPSA) is 112 Å². The van der Waals surface area contributed by atoms with Crippen LogP contribution < -0.4 is 21.5 Å². The molecule has 0 aliphatic heterocycles. The Hall–Kier alpha value is -4.49. The van der Waals surface area contributed by atoms with Crippen molar-refractivity contribution in [2.75, 3.05) is 0 Å². The Morgan fingerprint density at radius 3 is 2.60 bits per heavy atom. The normalized spacial score (nSPS) is 11.5. The van der Waals surface area contributed by atoms with Crippen LogP contribution in [-0.4, -0.2) is 24.1 Å². The highest BCUT2D eigenvalue weighted by atomic mass is 35.5. The van der Waals surface area contributed by atoms with Crippen molar-refractivity contribution >= 4 is 22.9 Å². The molecule has 40 heavy (non-hydrogen) atoms. The molecule has 0 saturated heterocycles. The quantitative estimate of drug-likeness (QED) is 0.309. The third kappa shape index (κ3) is 5.46. The van der Waals surface area contributed by atoms with Crippen LogP contribution in [0, 0.1) is 0 Å². The molecule has 4 heterocycles. The molecule has 0 amide bonds. The van der Waals surface area contributed by atoms with Crippen LogP contribution in [0.2, 0.25) is 5.02 Å². The fourth-order valence-electron chi connectivity index (χ4n) is 3.95. The van der Waals surface area contributed by atoms with Crippen molar-refractivity contribution in [3.05, 3.63) is 113 Å². The standard InChI is InChI=1S/C26H17ClF3N5O4S/c1-34-11-20(23(36)33-25(34)38)15-7-19(24(37)35(10-15)17-3-2-4-31-9-17)14-5-16(27)8-18(6-14)39-12-21-22(26(28,29)30)32-13-40-21/h2-11,13H,12H2,1H3,(H,33,36,38). The number of ether oxygens (including phenoxy) is 1. The third-order valence-electron chi connectivity index (χ3n) is 5.82. The molecule has 4 aromatic heterocycles. The lowest BCUT2D eigenvalue weighted by Crippen LogP contribution is -2.29. The molecular formula is C26H17ClF3N5O4S. The maximum absolute atomic E-state index is 13.7. The molecule has 14 heteroatoms. The second kappa shape index (κ2) is 10.6. The number of aromatic nitrogens is 5. The number of aryl methyl sites for hydroxylation is 1. The minimum absolute atomic E-state index is 0.107. The first kappa shape index (κ1) is 27.1. The van der Waals surface area contributed by atoms with Crippen LogP contribution in [0.25, 0.3) is 27.9 Å². The van der Waals surface area contributed by atoms with Gasteiger partial charge in [0.1, 0.15) is 12.4 Å². The predicted octanol–water partition coefficient (Wildman–Crippen LogP) is 4.66. The summed E-state index contributed by atoms with van der Waals surface area (Å²) in [4.78, 5) is 47.8. The van der Waals surface area contributed by atoms with Gasteiger partial charge in [0, 0.05) is 41.8 Å². The summed E-state index contributed by atoms with van der Waals surface area (Å²) in [6.45, 7) is -0.424. The Morgan fingerprint density at radius 2 is 1.88 bits per heavy atom. The predicted molar refractivity (Wildman–Crippen MR) is 143 cm³/mol. The number of pyridine rings is 2. The minimum atomic E-state index is -4.63. The average molecular weight is 588 g/mol. The number of aromatic amines is 1. The van der Waals surface area contributed by atoms with Gasteiger partial charge in [0.2, 0.25) is 0 Å². The molecular weight excluding hydrogens is 571 g/mol. The Kier molecular flexibility index (Phi) is 7.17. The van der Waals surface area contributed by atoms with Crippen molar-refractivity contribution in [2.24, 2.45) is 7.05 Å². The van der Waals surface area contributed by atoms with E-state index in [2.05, 4.69) is 15.0 Å². The van der Waals surface area contributed by atoms with E-state index in [1.54, 1.807) is 12.1 Å². The summed E-state index contributed by atoms with van der Waals surface area (Å²) < 4.78 is 47.7. The lowest BCUT2D eigenvalue weighted by Gasteiger charge is -2.14. The van der Waals surface area contributed by atoms with E-state index in [4.69, 9.17) is 16.3 Å². The van der Waals surface area contributed by atoms with Crippen molar-refractivity contribution in [1.29, 1.82) is 0 Å². The molecule has 5 rings (SSSR count). The fourth-order valence-corrected chi connectivity index (χ4v) is 4.87. The first-order valence-electron chi connectivity index (χ1n) is 11.4. The first-order chi connectivity index (χ1) is 19.0. The summed E-state index contributed by atoms with van der Waals surface area (Å²) in [6, 6.07) is 9.09. The zero-order valence-corrected chi connectivity index (χ0v) is 22.0. The van der Waals surface area contributed by atoms with Gasteiger partial charge in [-0.25, -0.2) is 9.78 Å². The number of nitrogens with one attached hydrogen (secondary N) is 1. The SMILES string of the molecule is Cn1cc(-c2cc(-c3cc(Cl)cc(OCc4scnc4C(F)(F)F)c3)c(=O)n(-c3cccnc3)c2)c(=O)[nH]c1=O. The molecule has 0 aliphatic carbocycles. The third-order valence-corrected chi connectivity index (χ3v) is 6.85. The number of H-pyrrole nitrogens is 1. The van der Waals surface area contributed by atoms with E-state index in [9.17, 15) is 27.6 Å². The van der Waals surface area contributed by atoms with E-state index < -0.39 is 35.3 Å². The van der Waals surface area contributed by atoms with Gasteiger partial charge < -0.3 is 9.30 Å². The number of hydrogen-bond donors (Lipinski definition) is 1. The van der Waals surface area contributed by atoms with Crippen molar-refractivity contribution < 1.29 is 17.9 Å². The molecule has 0 aliphatic rings. The Morgan fingerprint density at radius 1 is 1.07 bits per heavy atom. The monoisotopic (exact) mass is 587 g/mol. The van der Waals surface area contributed by atoms with Crippen molar-refractivity contribution in [3.8, 4) is 33.7 Å². The second-order valence-electron chi connectivity index (χ2n) is 8.53. The molecule has 0 radical (unpaired) electrons. The van der Waals surface area contributed by atoms with Gasteiger partial charge in [0.15, 0.2) is 5.69 Å². The highest BCUT2D eigenvalue weighted by Crippen LogP contribution is 2.34. The molecule has 0 atom stereocenters. The number of rotatable bonds is 6. The summed E-state index contributed by atoms with van der Waals surface area (Å²) in [7, 11) is 1.47. The maximum Gasteiger partial charge on any atom is 0.434 e. The lowest BCUT2D eigenvalue weighted by molar-refractivity contribution is -0.141. The van der Waals surface area contributed by atoms with Gasteiger partial charge in [-0.3, -0.25) is 24.1 Å². The molecule has 204 valence electrons. The summed E-state index contributed by atoms with van der Waals surface area (Å²) in [5.74, 6) is 0.113. The van der Waals surface area contributed by atoms with E-state index in [1.165, 1.54) is 65.2 Å². The Labute approximate surface area is 231 Å². The van der Waals surface area contributed by atoms with Crippen LogP contribution in [-0.2, 0) is 19.8 Å². The maximum atomic E-state index is 13.7. The van der Waals surface area contributed by atoms with Gasteiger partial charge in [0.25, 0.3) is 11.1 Å². The second-order valence-corrected chi connectivity index (χ2v) is 9.90. The molecule has 0 saturated carbocycles. The van der Waals surface area contributed by atoms with Crippen molar-refractivity contribution in [1.82, 2.24) is 24.1 Å². The highest BCUT2D eigenvalue weighted by molar-refractivity contribution is 7.09. The molecule has 0 fully saturated rings. The number of thiazole rings is 1. The van der Waals surface area contributed by atoms with Crippen molar-refractivity contribution in [2.45, 2.75) is 12.8 Å². The largest absolute Gasteiger partial charge is 0.488 e. The first-order valence-corrected chi connectivity index (χ1v) is 12.7. The van der Waals surface area contributed by atoms with Gasteiger partial charge in [-0.05, 0) is 42.0 Å².